The van der Waals surface area contributed by atoms with E-state index in [4.69, 9.17) is 5.26 Å². The number of carbonyl (C=O) groups is 1. The van der Waals surface area contributed by atoms with E-state index < -0.39 is 0 Å². The third kappa shape index (κ3) is 4.59. The maximum atomic E-state index is 12.3. The Morgan fingerprint density at radius 1 is 1.20 bits per heavy atom. The number of carbonyl (C=O) groups excluding carboxylic acids is 1. The fourth-order valence-corrected chi connectivity index (χ4v) is 4.26. The highest BCUT2D eigenvalue weighted by Gasteiger charge is 2.37. The van der Waals surface area contributed by atoms with Gasteiger partial charge in [0.05, 0.1) is 24.3 Å². The molecule has 1 heterocycles. The molecule has 1 saturated carbocycles. The minimum atomic E-state index is -0.207. The van der Waals surface area contributed by atoms with E-state index in [2.05, 4.69) is 16.3 Å². The van der Waals surface area contributed by atoms with Gasteiger partial charge >= 0.3 is 0 Å². The molecule has 2 aliphatic rings. The van der Waals surface area contributed by atoms with Crippen molar-refractivity contribution in [3.63, 3.8) is 0 Å². The molecule has 0 radical (unpaired) electrons. The number of benzene rings is 1. The number of likely N-dealkylation sites (tertiary alicyclic amines) is 1. The smallest absolute Gasteiger partial charge is 0.234 e. The lowest BCUT2D eigenvalue weighted by Crippen LogP contribution is -2.46. The summed E-state index contributed by atoms with van der Waals surface area (Å²) in [5.41, 5.74) is 1.62. The average Bonchev–Trinajstić information content (AvgIpc) is 3.08. The fourth-order valence-electron chi connectivity index (χ4n) is 4.26. The van der Waals surface area contributed by atoms with Crippen LogP contribution in [-0.2, 0) is 11.3 Å². The zero-order chi connectivity index (χ0) is 17.6. The Bertz CT molecular complexity index is 623. The van der Waals surface area contributed by atoms with Gasteiger partial charge in [-0.25, -0.2) is 0 Å². The van der Waals surface area contributed by atoms with Crippen molar-refractivity contribution in [3.8, 4) is 6.07 Å². The van der Waals surface area contributed by atoms with Crippen LogP contribution in [0.25, 0.3) is 0 Å². The number of hydrogen-bond acceptors (Lipinski definition) is 4. The molecule has 0 spiro atoms. The molecule has 1 aromatic carbocycles. The van der Waals surface area contributed by atoms with E-state index in [9.17, 15) is 9.90 Å². The summed E-state index contributed by atoms with van der Waals surface area (Å²) in [5, 5.41) is 22.1. The molecule has 1 aromatic rings. The lowest BCUT2D eigenvalue weighted by atomic mass is 9.80. The van der Waals surface area contributed by atoms with Crippen LogP contribution >= 0.6 is 0 Å². The summed E-state index contributed by atoms with van der Waals surface area (Å²) in [4.78, 5) is 14.6. The summed E-state index contributed by atoms with van der Waals surface area (Å²) in [6.45, 7) is 1.83. The van der Waals surface area contributed by atoms with Gasteiger partial charge in [0.2, 0.25) is 5.91 Å². The number of nitriles is 1. The van der Waals surface area contributed by atoms with Gasteiger partial charge in [-0.3, -0.25) is 9.69 Å². The Morgan fingerprint density at radius 3 is 2.68 bits per heavy atom. The first-order valence-corrected chi connectivity index (χ1v) is 9.35. The second kappa shape index (κ2) is 8.46. The maximum absolute atomic E-state index is 12.3. The largest absolute Gasteiger partial charge is 0.393 e. The summed E-state index contributed by atoms with van der Waals surface area (Å²) < 4.78 is 0. The summed E-state index contributed by atoms with van der Waals surface area (Å²) in [6.07, 6.45) is 6.28. The normalized spacial score (nSPS) is 27.0. The van der Waals surface area contributed by atoms with Gasteiger partial charge in [-0.05, 0) is 49.9 Å². The van der Waals surface area contributed by atoms with E-state index >= 15 is 0 Å². The fraction of sp³-hybridized carbons (Fsp3) is 0.600. The number of aliphatic hydroxyl groups is 1. The summed E-state index contributed by atoms with van der Waals surface area (Å²) >= 11 is 0. The molecule has 3 rings (SSSR count). The Hall–Kier alpha value is -1.90. The Kier molecular flexibility index (Phi) is 6.06. The molecule has 0 aromatic heterocycles. The zero-order valence-corrected chi connectivity index (χ0v) is 14.7. The van der Waals surface area contributed by atoms with Crippen molar-refractivity contribution in [1.82, 2.24) is 10.2 Å². The van der Waals surface area contributed by atoms with Crippen molar-refractivity contribution in [3.05, 3.63) is 35.4 Å². The molecule has 134 valence electrons. The minimum absolute atomic E-state index is 0.0292. The average molecular weight is 341 g/mol. The first-order valence-electron chi connectivity index (χ1n) is 9.35. The second-order valence-corrected chi connectivity index (χ2v) is 7.28. The van der Waals surface area contributed by atoms with Gasteiger partial charge < -0.3 is 10.4 Å². The monoisotopic (exact) mass is 341 g/mol. The molecule has 1 amide bonds. The van der Waals surface area contributed by atoms with Crippen molar-refractivity contribution in [2.24, 2.45) is 5.92 Å². The third-order valence-electron chi connectivity index (χ3n) is 5.61. The molecule has 3 atom stereocenters. The highest BCUT2D eigenvalue weighted by molar-refractivity contribution is 5.78. The van der Waals surface area contributed by atoms with Crippen LogP contribution in [0.15, 0.2) is 24.3 Å². The van der Waals surface area contributed by atoms with Gasteiger partial charge in [-0.15, -0.1) is 0 Å². The predicted octanol–water partition coefficient (Wildman–Crippen LogP) is 2.19. The predicted molar refractivity (Wildman–Crippen MR) is 95.6 cm³/mol. The van der Waals surface area contributed by atoms with Gasteiger partial charge in [0.1, 0.15) is 0 Å². The van der Waals surface area contributed by atoms with Crippen LogP contribution < -0.4 is 5.32 Å². The molecule has 5 heteroatoms. The van der Waals surface area contributed by atoms with Gasteiger partial charge in [0, 0.05) is 18.5 Å². The van der Waals surface area contributed by atoms with Crippen LogP contribution in [0, 0.1) is 17.2 Å². The highest BCUT2D eigenvalue weighted by Crippen LogP contribution is 2.34. The van der Waals surface area contributed by atoms with Crippen molar-refractivity contribution in [2.45, 2.75) is 57.2 Å². The van der Waals surface area contributed by atoms with Crippen LogP contribution in [0.4, 0.5) is 0 Å². The number of hydrogen-bond donors (Lipinski definition) is 2. The van der Waals surface area contributed by atoms with Crippen molar-refractivity contribution in [1.29, 1.82) is 5.26 Å². The van der Waals surface area contributed by atoms with Crippen molar-refractivity contribution in [2.75, 3.05) is 13.1 Å². The molecule has 2 N–H and O–H groups in total. The Balaban J connectivity index is 1.50. The van der Waals surface area contributed by atoms with E-state index in [0.717, 1.165) is 44.2 Å². The zero-order valence-electron chi connectivity index (χ0n) is 14.7. The van der Waals surface area contributed by atoms with Gasteiger partial charge in [-0.1, -0.05) is 25.0 Å². The van der Waals surface area contributed by atoms with Gasteiger partial charge in [0.25, 0.3) is 0 Å². The highest BCUT2D eigenvalue weighted by atomic mass is 16.3. The summed E-state index contributed by atoms with van der Waals surface area (Å²) in [6, 6.07) is 9.71. The standard InChI is InChI=1S/C20H27N3O2/c21-12-15-7-9-16(10-8-15)13-22-20(25)14-23-11-3-5-18(23)17-4-1-2-6-19(17)24/h7-10,17-19,24H,1-6,11,13-14H2,(H,22,25)/t17-,18-,19+/m1/s1. The maximum Gasteiger partial charge on any atom is 0.234 e. The SMILES string of the molecule is N#Cc1ccc(CNC(=O)CN2CCC[C@@H]2[C@H]2CCCC[C@@H]2O)cc1. The van der Waals surface area contributed by atoms with E-state index in [-0.39, 0.29) is 12.0 Å². The number of rotatable bonds is 5. The third-order valence-corrected chi connectivity index (χ3v) is 5.61. The lowest BCUT2D eigenvalue weighted by Gasteiger charge is -2.37. The molecule has 1 saturated heterocycles. The van der Waals surface area contributed by atoms with Crippen LogP contribution in [0.3, 0.4) is 0 Å². The van der Waals surface area contributed by atoms with E-state index in [0.29, 0.717) is 30.6 Å². The summed E-state index contributed by atoms with van der Waals surface area (Å²) in [7, 11) is 0. The minimum Gasteiger partial charge on any atom is -0.393 e. The van der Waals surface area contributed by atoms with E-state index in [1.165, 1.54) is 6.42 Å². The molecule has 0 bridgehead atoms. The molecular formula is C20H27N3O2. The van der Waals surface area contributed by atoms with Crippen molar-refractivity contribution < 1.29 is 9.90 Å². The topological polar surface area (TPSA) is 76.4 Å². The molecular weight excluding hydrogens is 314 g/mol. The molecule has 1 aliphatic heterocycles. The van der Waals surface area contributed by atoms with Crippen LogP contribution in [0.1, 0.15) is 49.7 Å². The first kappa shape index (κ1) is 17.9. The van der Waals surface area contributed by atoms with E-state index in [1.807, 2.05) is 12.1 Å². The van der Waals surface area contributed by atoms with Crippen LogP contribution in [-0.4, -0.2) is 41.1 Å². The van der Waals surface area contributed by atoms with Gasteiger partial charge in [0.15, 0.2) is 0 Å². The molecule has 5 nitrogen and oxygen atoms in total. The quantitative estimate of drug-likeness (QED) is 0.861. The molecule has 0 unspecified atom stereocenters. The number of amides is 1. The Morgan fingerprint density at radius 2 is 1.96 bits per heavy atom. The summed E-state index contributed by atoms with van der Waals surface area (Å²) in [5.74, 6) is 0.351. The Labute approximate surface area is 149 Å². The van der Waals surface area contributed by atoms with Gasteiger partial charge in [-0.2, -0.15) is 5.26 Å². The number of nitrogens with zero attached hydrogens (tertiary/aromatic N) is 2. The van der Waals surface area contributed by atoms with Crippen molar-refractivity contribution >= 4 is 5.91 Å². The van der Waals surface area contributed by atoms with Crippen LogP contribution in [0.5, 0.6) is 0 Å². The molecule has 1 aliphatic carbocycles. The van der Waals surface area contributed by atoms with E-state index in [1.54, 1.807) is 12.1 Å². The molecule has 2 fully saturated rings. The first-order chi connectivity index (χ1) is 12.2. The number of nitrogens with one attached hydrogen (secondary N) is 1. The second-order valence-electron chi connectivity index (χ2n) is 7.28. The lowest BCUT2D eigenvalue weighted by molar-refractivity contribution is -0.123. The number of aliphatic hydroxyl groups excluding tert-OH is 1. The van der Waals surface area contributed by atoms with Crippen LogP contribution in [0.2, 0.25) is 0 Å². The molecule has 25 heavy (non-hydrogen) atoms.